The summed E-state index contributed by atoms with van der Waals surface area (Å²) in [6.07, 6.45) is 2.77. The molecule has 1 heterocycles. The third-order valence-corrected chi connectivity index (χ3v) is 2.18. The molecule has 0 aliphatic carbocycles. The molecule has 6 heteroatoms. The second kappa shape index (κ2) is 4.88. The number of rotatable bonds is 2. The number of anilines is 1. The highest BCUT2D eigenvalue weighted by Crippen LogP contribution is 2.09. The second-order valence-electron chi connectivity index (χ2n) is 3.20. The molecule has 0 saturated carbocycles. The molecule has 0 bridgehead atoms. The molecular formula is C11H7ClFN3O. The maximum atomic E-state index is 12.7. The Morgan fingerprint density at radius 2 is 1.76 bits per heavy atom. The highest BCUT2D eigenvalue weighted by Gasteiger charge is 2.06. The Bertz CT molecular complexity index is 527. The average molecular weight is 252 g/mol. The first-order valence-corrected chi connectivity index (χ1v) is 5.07. The van der Waals surface area contributed by atoms with Crippen molar-refractivity contribution in [2.45, 2.75) is 0 Å². The molecule has 0 aliphatic heterocycles. The van der Waals surface area contributed by atoms with Crippen LogP contribution in [-0.4, -0.2) is 15.9 Å². The summed E-state index contributed by atoms with van der Waals surface area (Å²) >= 11 is 5.51. The first-order chi connectivity index (χ1) is 8.15. The lowest BCUT2D eigenvalue weighted by molar-refractivity contribution is 0.102. The third-order valence-electron chi connectivity index (χ3n) is 1.98. The van der Waals surface area contributed by atoms with Crippen molar-refractivity contribution in [1.29, 1.82) is 0 Å². The number of nitrogens with one attached hydrogen (secondary N) is 1. The fourth-order valence-electron chi connectivity index (χ4n) is 1.18. The van der Waals surface area contributed by atoms with Gasteiger partial charge in [0, 0.05) is 5.56 Å². The number of hydrogen-bond acceptors (Lipinski definition) is 3. The van der Waals surface area contributed by atoms with Gasteiger partial charge in [0.05, 0.1) is 18.1 Å². The van der Waals surface area contributed by atoms with Crippen molar-refractivity contribution >= 4 is 23.2 Å². The molecule has 4 nitrogen and oxygen atoms in total. The quantitative estimate of drug-likeness (QED) is 0.835. The zero-order valence-electron chi connectivity index (χ0n) is 8.52. The predicted molar refractivity (Wildman–Crippen MR) is 61.4 cm³/mol. The third kappa shape index (κ3) is 2.98. The molecule has 1 aromatic heterocycles. The summed E-state index contributed by atoms with van der Waals surface area (Å²) < 4.78 is 12.7. The van der Waals surface area contributed by atoms with Crippen LogP contribution in [0.1, 0.15) is 10.4 Å². The number of hydrogen-bond donors (Lipinski definition) is 1. The summed E-state index contributed by atoms with van der Waals surface area (Å²) in [5.41, 5.74) is 0.769. The van der Waals surface area contributed by atoms with Gasteiger partial charge >= 0.3 is 0 Å². The van der Waals surface area contributed by atoms with Gasteiger partial charge in [-0.3, -0.25) is 4.79 Å². The van der Waals surface area contributed by atoms with E-state index in [4.69, 9.17) is 11.6 Å². The van der Waals surface area contributed by atoms with Crippen LogP contribution in [0.2, 0.25) is 5.28 Å². The molecule has 0 atom stereocenters. The van der Waals surface area contributed by atoms with Gasteiger partial charge in [-0.05, 0) is 35.9 Å². The highest BCUT2D eigenvalue weighted by molar-refractivity contribution is 6.28. The molecule has 1 amide bonds. The lowest BCUT2D eigenvalue weighted by Crippen LogP contribution is -2.12. The van der Waals surface area contributed by atoms with Gasteiger partial charge in [0.1, 0.15) is 5.82 Å². The first kappa shape index (κ1) is 11.5. The number of aromatic nitrogens is 2. The molecule has 86 valence electrons. The van der Waals surface area contributed by atoms with Crippen LogP contribution in [0, 0.1) is 5.82 Å². The SMILES string of the molecule is O=C(Nc1cnc(Cl)nc1)c1ccc(F)cc1. The van der Waals surface area contributed by atoms with E-state index >= 15 is 0 Å². The Morgan fingerprint density at radius 1 is 1.18 bits per heavy atom. The lowest BCUT2D eigenvalue weighted by atomic mass is 10.2. The first-order valence-electron chi connectivity index (χ1n) is 4.69. The van der Waals surface area contributed by atoms with Crippen molar-refractivity contribution in [3.63, 3.8) is 0 Å². The zero-order valence-corrected chi connectivity index (χ0v) is 9.28. The van der Waals surface area contributed by atoms with E-state index < -0.39 is 5.82 Å². The molecule has 1 N–H and O–H groups in total. The molecule has 0 aliphatic rings. The molecule has 0 saturated heterocycles. The number of amides is 1. The van der Waals surface area contributed by atoms with E-state index in [0.717, 1.165) is 0 Å². The van der Waals surface area contributed by atoms with Gasteiger partial charge in [-0.15, -0.1) is 0 Å². The van der Waals surface area contributed by atoms with Gasteiger partial charge in [-0.25, -0.2) is 14.4 Å². The molecule has 0 unspecified atom stereocenters. The summed E-state index contributed by atoms with van der Waals surface area (Å²) in [5, 5.41) is 2.66. The van der Waals surface area contributed by atoms with Crippen LogP contribution in [0.25, 0.3) is 0 Å². The van der Waals surface area contributed by atoms with Crippen molar-refractivity contribution < 1.29 is 9.18 Å². The minimum atomic E-state index is -0.392. The average Bonchev–Trinajstić information content (AvgIpc) is 2.33. The minimum absolute atomic E-state index is 0.102. The normalized spacial score (nSPS) is 10.0. The molecule has 0 spiro atoms. The largest absolute Gasteiger partial charge is 0.319 e. The van der Waals surface area contributed by atoms with Gasteiger partial charge in [-0.1, -0.05) is 0 Å². The van der Waals surface area contributed by atoms with Crippen LogP contribution in [0.5, 0.6) is 0 Å². The predicted octanol–water partition coefficient (Wildman–Crippen LogP) is 2.52. The van der Waals surface area contributed by atoms with Crippen LogP contribution in [0.4, 0.5) is 10.1 Å². The monoisotopic (exact) mass is 251 g/mol. The van der Waals surface area contributed by atoms with Gasteiger partial charge in [0.2, 0.25) is 5.28 Å². The fraction of sp³-hybridized carbons (Fsp3) is 0. The molecule has 0 fully saturated rings. The summed E-state index contributed by atoms with van der Waals surface area (Å²) in [6, 6.07) is 5.21. The van der Waals surface area contributed by atoms with Gasteiger partial charge < -0.3 is 5.32 Å². The van der Waals surface area contributed by atoms with Crippen LogP contribution in [0.15, 0.2) is 36.7 Å². The summed E-state index contributed by atoms with van der Waals surface area (Å²) in [6.45, 7) is 0. The van der Waals surface area contributed by atoms with E-state index in [0.29, 0.717) is 11.3 Å². The summed E-state index contributed by atoms with van der Waals surface area (Å²) in [4.78, 5) is 19.1. The molecule has 17 heavy (non-hydrogen) atoms. The van der Waals surface area contributed by atoms with Gasteiger partial charge in [-0.2, -0.15) is 0 Å². The highest BCUT2D eigenvalue weighted by atomic mass is 35.5. The molecule has 1 aromatic carbocycles. The van der Waals surface area contributed by atoms with E-state index in [2.05, 4.69) is 15.3 Å². The molecule has 0 radical (unpaired) electrons. The van der Waals surface area contributed by atoms with E-state index in [1.54, 1.807) is 0 Å². The number of halogens is 2. The minimum Gasteiger partial charge on any atom is -0.319 e. The maximum Gasteiger partial charge on any atom is 0.255 e. The number of carbonyl (C=O) groups is 1. The van der Waals surface area contributed by atoms with Crippen molar-refractivity contribution in [3.8, 4) is 0 Å². The van der Waals surface area contributed by atoms with Crippen molar-refractivity contribution in [2.24, 2.45) is 0 Å². The maximum absolute atomic E-state index is 12.7. The topological polar surface area (TPSA) is 54.9 Å². The van der Waals surface area contributed by atoms with E-state index in [9.17, 15) is 9.18 Å². The Kier molecular flexibility index (Phi) is 3.30. The van der Waals surface area contributed by atoms with Crippen LogP contribution < -0.4 is 5.32 Å². The van der Waals surface area contributed by atoms with Crippen LogP contribution >= 0.6 is 11.6 Å². The standard InChI is InChI=1S/C11H7ClFN3O/c12-11-14-5-9(6-15-11)16-10(17)7-1-3-8(13)4-2-7/h1-6H,(H,16,17). The lowest BCUT2D eigenvalue weighted by Gasteiger charge is -2.03. The Balaban J connectivity index is 2.11. The van der Waals surface area contributed by atoms with Crippen molar-refractivity contribution in [2.75, 3.05) is 5.32 Å². The summed E-state index contributed by atoms with van der Waals surface area (Å²) in [7, 11) is 0. The van der Waals surface area contributed by atoms with Crippen LogP contribution in [-0.2, 0) is 0 Å². The van der Waals surface area contributed by atoms with E-state index in [-0.39, 0.29) is 11.2 Å². The smallest absolute Gasteiger partial charge is 0.255 e. The van der Waals surface area contributed by atoms with E-state index in [1.807, 2.05) is 0 Å². The van der Waals surface area contributed by atoms with Crippen LogP contribution in [0.3, 0.4) is 0 Å². The zero-order chi connectivity index (χ0) is 12.3. The van der Waals surface area contributed by atoms with Gasteiger partial charge in [0.15, 0.2) is 0 Å². The number of carbonyl (C=O) groups excluding carboxylic acids is 1. The second-order valence-corrected chi connectivity index (χ2v) is 3.54. The Labute approximate surface area is 101 Å². The summed E-state index contributed by atoms with van der Waals surface area (Å²) in [5.74, 6) is -0.757. The van der Waals surface area contributed by atoms with Crippen molar-refractivity contribution in [3.05, 3.63) is 53.3 Å². The molecule has 2 rings (SSSR count). The Hall–Kier alpha value is -2.01. The fourth-order valence-corrected chi connectivity index (χ4v) is 1.28. The van der Waals surface area contributed by atoms with Crippen molar-refractivity contribution in [1.82, 2.24) is 9.97 Å². The van der Waals surface area contributed by atoms with Gasteiger partial charge in [0.25, 0.3) is 5.91 Å². The number of benzene rings is 1. The molecule has 2 aromatic rings. The molecular weight excluding hydrogens is 245 g/mol. The Morgan fingerprint density at radius 3 is 2.35 bits per heavy atom. The number of nitrogens with zero attached hydrogens (tertiary/aromatic N) is 2. The van der Waals surface area contributed by atoms with E-state index in [1.165, 1.54) is 36.7 Å².